The maximum atomic E-state index is 14.7. The SMILES string of the molecule is Cc1ccc(-c2ccc(OC(F)(F)c3ccc(CCC4CCC(C)CC4)cc3)cc2)cc1F. The van der Waals surface area contributed by atoms with Gasteiger partial charge in [0.2, 0.25) is 0 Å². The maximum Gasteiger partial charge on any atom is 0.426 e. The van der Waals surface area contributed by atoms with E-state index in [1.54, 1.807) is 43.3 Å². The van der Waals surface area contributed by atoms with Crippen LogP contribution in [0.5, 0.6) is 5.75 Å². The third kappa shape index (κ3) is 5.98. The highest BCUT2D eigenvalue weighted by Crippen LogP contribution is 2.34. The van der Waals surface area contributed by atoms with Crippen LogP contribution in [-0.2, 0) is 12.5 Å². The molecule has 1 aliphatic rings. The minimum absolute atomic E-state index is 0.0620. The van der Waals surface area contributed by atoms with E-state index in [1.807, 2.05) is 0 Å². The molecule has 3 aromatic rings. The van der Waals surface area contributed by atoms with Crippen molar-refractivity contribution < 1.29 is 17.9 Å². The van der Waals surface area contributed by atoms with Gasteiger partial charge in [-0.3, -0.25) is 0 Å². The van der Waals surface area contributed by atoms with Gasteiger partial charge in [-0.1, -0.05) is 69.0 Å². The van der Waals surface area contributed by atoms with E-state index in [2.05, 4.69) is 6.92 Å². The predicted octanol–water partition coefficient (Wildman–Crippen LogP) is 8.69. The van der Waals surface area contributed by atoms with Gasteiger partial charge in [-0.25, -0.2) is 4.39 Å². The molecule has 0 spiro atoms. The van der Waals surface area contributed by atoms with Gasteiger partial charge in [0.1, 0.15) is 11.6 Å². The van der Waals surface area contributed by atoms with Gasteiger partial charge in [0.25, 0.3) is 0 Å². The fourth-order valence-corrected chi connectivity index (χ4v) is 4.55. The summed E-state index contributed by atoms with van der Waals surface area (Å²) in [7, 11) is 0. The van der Waals surface area contributed by atoms with Crippen LogP contribution in [-0.4, -0.2) is 0 Å². The normalized spacial score (nSPS) is 18.8. The summed E-state index contributed by atoms with van der Waals surface area (Å²) >= 11 is 0. The molecule has 1 aliphatic carbocycles. The number of benzene rings is 3. The van der Waals surface area contributed by atoms with Crippen LogP contribution >= 0.6 is 0 Å². The van der Waals surface area contributed by atoms with Gasteiger partial charge in [-0.05, 0) is 84.2 Å². The number of alkyl halides is 2. The van der Waals surface area contributed by atoms with E-state index in [4.69, 9.17) is 4.74 Å². The van der Waals surface area contributed by atoms with Crippen molar-refractivity contribution in [3.8, 4) is 16.9 Å². The summed E-state index contributed by atoms with van der Waals surface area (Å²) in [5.41, 5.74) is 2.91. The summed E-state index contributed by atoms with van der Waals surface area (Å²) in [5.74, 6) is 1.36. The number of hydrogen-bond donors (Lipinski definition) is 0. The lowest BCUT2D eigenvalue weighted by Crippen LogP contribution is -2.21. The molecule has 3 aromatic carbocycles. The molecular formula is C29H31F3O. The van der Waals surface area contributed by atoms with Crippen molar-refractivity contribution in [1.82, 2.24) is 0 Å². The Hall–Kier alpha value is -2.75. The molecule has 0 unspecified atom stereocenters. The minimum Gasteiger partial charge on any atom is -0.429 e. The maximum absolute atomic E-state index is 14.7. The summed E-state index contributed by atoms with van der Waals surface area (Å²) in [6, 6.07) is 17.7. The largest absolute Gasteiger partial charge is 0.429 e. The molecule has 0 amide bonds. The fraction of sp³-hybridized carbons (Fsp3) is 0.379. The molecule has 0 atom stereocenters. The van der Waals surface area contributed by atoms with E-state index < -0.39 is 6.11 Å². The highest BCUT2D eigenvalue weighted by molar-refractivity contribution is 5.64. The van der Waals surface area contributed by atoms with Crippen LogP contribution in [0.2, 0.25) is 0 Å². The Kier molecular flexibility index (Phi) is 7.11. The molecule has 0 aliphatic heterocycles. The van der Waals surface area contributed by atoms with Crippen LogP contribution in [0.15, 0.2) is 66.7 Å². The van der Waals surface area contributed by atoms with Crippen molar-refractivity contribution in [2.75, 3.05) is 0 Å². The Labute approximate surface area is 194 Å². The summed E-state index contributed by atoms with van der Waals surface area (Å²) in [6.45, 7) is 4.01. The molecule has 4 heteroatoms. The first kappa shape index (κ1) is 23.4. The van der Waals surface area contributed by atoms with E-state index in [9.17, 15) is 13.2 Å². The summed E-state index contributed by atoms with van der Waals surface area (Å²) in [6.07, 6.45) is 3.77. The summed E-state index contributed by atoms with van der Waals surface area (Å²) in [5, 5.41) is 0. The van der Waals surface area contributed by atoms with Crippen molar-refractivity contribution in [1.29, 1.82) is 0 Å². The number of halogens is 3. The van der Waals surface area contributed by atoms with Crippen LogP contribution in [0.4, 0.5) is 13.2 Å². The van der Waals surface area contributed by atoms with Crippen LogP contribution in [0, 0.1) is 24.6 Å². The van der Waals surface area contributed by atoms with Crippen molar-refractivity contribution >= 4 is 0 Å². The van der Waals surface area contributed by atoms with Gasteiger partial charge in [-0.15, -0.1) is 0 Å². The third-order valence-corrected chi connectivity index (χ3v) is 6.87. The molecule has 33 heavy (non-hydrogen) atoms. The standard InChI is InChI=1S/C29H31F3O/c1-20-3-6-22(7-4-20)8-9-23-10-15-26(16-11-23)29(31,32)33-27-17-13-24(14-18-27)25-12-5-21(2)28(30)19-25/h5,10-20,22H,3-4,6-9H2,1-2H3. The van der Waals surface area contributed by atoms with Gasteiger partial charge < -0.3 is 4.74 Å². The van der Waals surface area contributed by atoms with Gasteiger partial charge >= 0.3 is 6.11 Å². The molecule has 4 rings (SSSR count). The highest BCUT2D eigenvalue weighted by atomic mass is 19.3. The van der Waals surface area contributed by atoms with Gasteiger partial charge in [0.15, 0.2) is 0 Å². The van der Waals surface area contributed by atoms with Crippen molar-refractivity contribution in [2.45, 2.75) is 58.5 Å². The molecule has 1 fully saturated rings. The molecule has 0 radical (unpaired) electrons. The Morgan fingerprint density at radius 3 is 2.12 bits per heavy atom. The molecule has 0 N–H and O–H groups in total. The van der Waals surface area contributed by atoms with E-state index in [1.165, 1.54) is 56.0 Å². The van der Waals surface area contributed by atoms with Gasteiger partial charge in [-0.2, -0.15) is 8.78 Å². The van der Waals surface area contributed by atoms with Crippen molar-refractivity contribution in [2.24, 2.45) is 11.8 Å². The average molecular weight is 453 g/mol. The van der Waals surface area contributed by atoms with E-state index in [0.29, 0.717) is 11.1 Å². The third-order valence-electron chi connectivity index (χ3n) is 6.87. The first-order valence-electron chi connectivity index (χ1n) is 11.8. The van der Waals surface area contributed by atoms with Crippen LogP contribution in [0.1, 0.15) is 55.7 Å². The molecule has 1 saturated carbocycles. The first-order valence-corrected chi connectivity index (χ1v) is 11.8. The van der Waals surface area contributed by atoms with Crippen molar-refractivity contribution in [3.05, 3.63) is 89.2 Å². The zero-order valence-electron chi connectivity index (χ0n) is 19.3. The quantitative estimate of drug-likeness (QED) is 0.348. The molecule has 0 heterocycles. The summed E-state index contributed by atoms with van der Waals surface area (Å²) < 4.78 is 48.3. The molecule has 0 aromatic heterocycles. The zero-order chi connectivity index (χ0) is 23.4. The second kappa shape index (κ2) is 10.0. The highest BCUT2D eigenvalue weighted by Gasteiger charge is 2.34. The average Bonchev–Trinajstić information content (AvgIpc) is 2.81. The fourth-order valence-electron chi connectivity index (χ4n) is 4.55. The number of hydrogen-bond acceptors (Lipinski definition) is 1. The second-order valence-corrected chi connectivity index (χ2v) is 9.47. The Morgan fingerprint density at radius 1 is 0.848 bits per heavy atom. The minimum atomic E-state index is -3.43. The molecule has 1 nitrogen and oxygen atoms in total. The van der Waals surface area contributed by atoms with Crippen molar-refractivity contribution in [3.63, 3.8) is 0 Å². The second-order valence-electron chi connectivity index (χ2n) is 9.47. The first-order chi connectivity index (χ1) is 15.8. The van der Waals surface area contributed by atoms with Crippen LogP contribution in [0.3, 0.4) is 0 Å². The molecule has 174 valence electrons. The topological polar surface area (TPSA) is 9.23 Å². The monoisotopic (exact) mass is 452 g/mol. The number of aryl methyl sites for hydroxylation is 2. The predicted molar refractivity (Wildman–Crippen MR) is 127 cm³/mol. The van der Waals surface area contributed by atoms with Crippen LogP contribution < -0.4 is 4.74 Å². The molecule has 0 saturated heterocycles. The van der Waals surface area contributed by atoms with Gasteiger partial charge in [0, 0.05) is 0 Å². The Bertz CT molecular complexity index is 1050. The van der Waals surface area contributed by atoms with E-state index >= 15 is 0 Å². The van der Waals surface area contributed by atoms with Gasteiger partial charge in [0.05, 0.1) is 5.56 Å². The zero-order valence-corrected chi connectivity index (χ0v) is 19.3. The lowest BCUT2D eigenvalue weighted by Gasteiger charge is -2.26. The van der Waals surface area contributed by atoms with Crippen LogP contribution in [0.25, 0.3) is 11.1 Å². The number of rotatable bonds is 7. The van der Waals surface area contributed by atoms with E-state index in [0.717, 1.165) is 35.8 Å². The Balaban J connectivity index is 1.36. The summed E-state index contributed by atoms with van der Waals surface area (Å²) in [4.78, 5) is 0. The molecule has 0 bridgehead atoms. The molecular weight excluding hydrogens is 421 g/mol. The van der Waals surface area contributed by atoms with E-state index in [-0.39, 0.29) is 17.1 Å². The Morgan fingerprint density at radius 2 is 1.48 bits per heavy atom. The lowest BCUT2D eigenvalue weighted by atomic mass is 9.80. The smallest absolute Gasteiger partial charge is 0.426 e. The lowest BCUT2D eigenvalue weighted by molar-refractivity contribution is -0.185. The number of ether oxygens (including phenoxy) is 1.